The van der Waals surface area contributed by atoms with Gasteiger partial charge in [-0.15, -0.1) is 0 Å². The molecule has 2 saturated heterocycles. The molecule has 0 saturated carbocycles. The minimum absolute atomic E-state index is 0.216. The van der Waals surface area contributed by atoms with Gasteiger partial charge in [0.05, 0.1) is 11.4 Å². The summed E-state index contributed by atoms with van der Waals surface area (Å²) in [6.07, 6.45) is 11.0. The summed E-state index contributed by atoms with van der Waals surface area (Å²) in [6, 6.07) is 3.46. The van der Waals surface area contributed by atoms with Crippen LogP contribution in [-0.2, 0) is 9.47 Å². The molecule has 2 aliphatic heterocycles. The van der Waals surface area contributed by atoms with Crippen molar-refractivity contribution >= 4 is 55.4 Å². The molecule has 0 radical (unpaired) electrons. The third kappa shape index (κ3) is 15.4. The molecule has 2 N–H and O–H groups in total. The highest BCUT2D eigenvalue weighted by Gasteiger charge is 2.34. The van der Waals surface area contributed by atoms with E-state index >= 15 is 0 Å². The van der Waals surface area contributed by atoms with Gasteiger partial charge < -0.3 is 25.0 Å². The molecule has 12 heteroatoms. The van der Waals surface area contributed by atoms with Crippen LogP contribution in [0.25, 0.3) is 0 Å². The van der Waals surface area contributed by atoms with Crippen molar-refractivity contribution in [2.75, 3.05) is 49.9 Å². The number of carbonyl (C=O) groups excluding carboxylic acids is 2. The Morgan fingerprint density at radius 2 is 1.16 bits per heavy atom. The first kappa shape index (κ1) is 41.3. The molecular weight excluding hydrogens is 764 g/mol. The molecule has 2 aromatic rings. The van der Waals surface area contributed by atoms with Gasteiger partial charge in [0.2, 0.25) is 0 Å². The SMILES string of the molecule is CC(C)(C)OC(=O)N(C(=O)OC(C)(C)C)c1cc(Br)cnc1C#CCCN1CCCCC1.Nc1cc(Br)cnc1C#CCCN1CCCCC1. The maximum atomic E-state index is 13.0. The molecule has 0 aliphatic carbocycles. The van der Waals surface area contributed by atoms with Gasteiger partial charge >= 0.3 is 12.2 Å². The van der Waals surface area contributed by atoms with Crippen LogP contribution in [0.5, 0.6) is 0 Å². The van der Waals surface area contributed by atoms with Crippen LogP contribution < -0.4 is 10.6 Å². The Balaban J connectivity index is 0.000000316. The fraction of sp³-hybridized carbons (Fsp3) is 0.579. The van der Waals surface area contributed by atoms with E-state index in [0.717, 1.165) is 42.0 Å². The molecule has 0 spiro atoms. The van der Waals surface area contributed by atoms with Gasteiger partial charge in [0.1, 0.15) is 22.6 Å². The maximum Gasteiger partial charge on any atom is 0.424 e. The van der Waals surface area contributed by atoms with Gasteiger partial charge in [0, 0.05) is 47.3 Å². The number of hydrogen-bond acceptors (Lipinski definition) is 9. The molecule has 0 bridgehead atoms. The van der Waals surface area contributed by atoms with E-state index in [9.17, 15) is 9.59 Å². The average Bonchev–Trinajstić information content (AvgIpc) is 3.03. The highest BCUT2D eigenvalue weighted by atomic mass is 79.9. The number of nitrogen functional groups attached to an aromatic ring is 1. The van der Waals surface area contributed by atoms with Crippen molar-refractivity contribution < 1.29 is 19.1 Å². The van der Waals surface area contributed by atoms with E-state index in [2.05, 4.69) is 75.3 Å². The van der Waals surface area contributed by atoms with E-state index < -0.39 is 23.4 Å². The Hall–Kier alpha value is -3.16. The highest BCUT2D eigenvalue weighted by molar-refractivity contribution is 9.10. The number of ether oxygens (including phenoxy) is 2. The lowest BCUT2D eigenvalue weighted by Gasteiger charge is -2.29. The number of pyridine rings is 2. The molecule has 0 unspecified atom stereocenters. The van der Waals surface area contributed by atoms with Crippen molar-refractivity contribution in [3.63, 3.8) is 0 Å². The van der Waals surface area contributed by atoms with Gasteiger partial charge in [0.15, 0.2) is 0 Å². The van der Waals surface area contributed by atoms with Crippen molar-refractivity contribution in [2.24, 2.45) is 0 Å². The van der Waals surface area contributed by atoms with Gasteiger partial charge in [-0.2, -0.15) is 4.90 Å². The summed E-state index contributed by atoms with van der Waals surface area (Å²) in [7, 11) is 0. The predicted octanol–water partition coefficient (Wildman–Crippen LogP) is 8.40. The van der Waals surface area contributed by atoms with E-state index in [-0.39, 0.29) is 5.69 Å². The fourth-order valence-corrected chi connectivity index (χ4v) is 5.90. The zero-order valence-electron chi connectivity index (χ0n) is 30.4. The summed E-state index contributed by atoms with van der Waals surface area (Å²) in [4.78, 5) is 40.3. The normalized spacial score (nSPS) is 15.3. The Morgan fingerprint density at radius 3 is 1.60 bits per heavy atom. The molecule has 0 atom stereocenters. The van der Waals surface area contributed by atoms with Crippen LogP contribution in [0.3, 0.4) is 0 Å². The highest BCUT2D eigenvalue weighted by Crippen LogP contribution is 2.27. The maximum absolute atomic E-state index is 13.0. The van der Waals surface area contributed by atoms with Crippen LogP contribution in [0.15, 0.2) is 33.5 Å². The summed E-state index contributed by atoms with van der Waals surface area (Å²) in [5.74, 6) is 12.4. The minimum atomic E-state index is -0.844. The second kappa shape index (κ2) is 20.0. The third-order valence-electron chi connectivity index (χ3n) is 7.53. The zero-order valence-corrected chi connectivity index (χ0v) is 33.6. The lowest BCUT2D eigenvalue weighted by atomic mass is 10.1. The molecule has 4 rings (SSSR count). The molecular formula is C38H52Br2N6O4. The van der Waals surface area contributed by atoms with Gasteiger partial charge in [-0.3, -0.25) is 0 Å². The average molecular weight is 817 g/mol. The number of piperidine rings is 2. The van der Waals surface area contributed by atoms with E-state index in [1.54, 1.807) is 60.0 Å². The number of carbonyl (C=O) groups is 2. The predicted molar refractivity (Wildman–Crippen MR) is 207 cm³/mol. The van der Waals surface area contributed by atoms with Crippen LogP contribution in [0.4, 0.5) is 21.0 Å². The summed E-state index contributed by atoms with van der Waals surface area (Å²) in [6.45, 7) is 17.0. The molecule has 2 fully saturated rings. The monoisotopic (exact) mass is 814 g/mol. The molecule has 4 heterocycles. The summed E-state index contributed by atoms with van der Waals surface area (Å²) in [5.41, 5.74) is 6.09. The molecule has 0 aromatic carbocycles. The summed E-state index contributed by atoms with van der Waals surface area (Å²) < 4.78 is 12.4. The minimum Gasteiger partial charge on any atom is -0.443 e. The lowest BCUT2D eigenvalue weighted by molar-refractivity contribution is 0.0430. The summed E-state index contributed by atoms with van der Waals surface area (Å²) in [5, 5.41) is 0. The molecule has 272 valence electrons. The van der Waals surface area contributed by atoms with E-state index in [4.69, 9.17) is 15.2 Å². The number of imide groups is 1. The second-order valence-electron chi connectivity index (χ2n) is 14.3. The smallest absolute Gasteiger partial charge is 0.424 e. The quantitative estimate of drug-likeness (QED) is 0.298. The van der Waals surface area contributed by atoms with Crippen molar-refractivity contribution in [2.45, 2.75) is 104 Å². The first-order valence-corrected chi connectivity index (χ1v) is 18.9. The van der Waals surface area contributed by atoms with Crippen molar-refractivity contribution in [3.05, 3.63) is 44.9 Å². The number of aromatic nitrogens is 2. The van der Waals surface area contributed by atoms with Crippen LogP contribution in [-0.4, -0.2) is 82.4 Å². The van der Waals surface area contributed by atoms with Gasteiger partial charge in [-0.05, 0) is 149 Å². The molecule has 2 amide bonds. The Morgan fingerprint density at radius 1 is 0.740 bits per heavy atom. The number of nitrogens with two attached hydrogens (primary N) is 1. The van der Waals surface area contributed by atoms with Gasteiger partial charge in [-0.1, -0.05) is 24.7 Å². The number of halogens is 2. The van der Waals surface area contributed by atoms with E-state index in [1.807, 2.05) is 6.07 Å². The van der Waals surface area contributed by atoms with E-state index in [0.29, 0.717) is 28.0 Å². The molecule has 50 heavy (non-hydrogen) atoms. The number of anilines is 2. The zero-order chi connectivity index (χ0) is 36.7. The van der Waals surface area contributed by atoms with Gasteiger partial charge in [0.25, 0.3) is 0 Å². The number of hydrogen-bond donors (Lipinski definition) is 1. The lowest BCUT2D eigenvalue weighted by Crippen LogP contribution is -2.44. The van der Waals surface area contributed by atoms with Crippen molar-refractivity contribution in [1.29, 1.82) is 0 Å². The molecule has 2 aliphatic rings. The Kier molecular flexibility index (Phi) is 16.5. The Bertz CT molecular complexity index is 1530. The molecule has 2 aromatic heterocycles. The first-order valence-electron chi connectivity index (χ1n) is 17.4. The largest absolute Gasteiger partial charge is 0.443 e. The number of nitrogens with zero attached hydrogens (tertiary/aromatic N) is 5. The van der Waals surface area contributed by atoms with Crippen LogP contribution in [0.2, 0.25) is 0 Å². The van der Waals surface area contributed by atoms with Crippen molar-refractivity contribution in [1.82, 2.24) is 19.8 Å². The Labute approximate surface area is 315 Å². The topological polar surface area (TPSA) is 114 Å². The second-order valence-corrected chi connectivity index (χ2v) is 16.1. The van der Waals surface area contributed by atoms with Crippen LogP contribution in [0, 0.1) is 23.7 Å². The number of amides is 2. The van der Waals surface area contributed by atoms with Crippen LogP contribution >= 0.6 is 31.9 Å². The number of likely N-dealkylation sites (tertiary alicyclic amines) is 2. The third-order valence-corrected chi connectivity index (χ3v) is 8.40. The summed E-state index contributed by atoms with van der Waals surface area (Å²) >= 11 is 6.70. The number of rotatable bonds is 5. The fourth-order valence-electron chi connectivity index (χ4n) is 5.23. The van der Waals surface area contributed by atoms with E-state index in [1.165, 1.54) is 51.6 Å². The van der Waals surface area contributed by atoms with Gasteiger partial charge in [-0.25, -0.2) is 19.6 Å². The molecule has 10 nitrogen and oxygen atoms in total. The first-order chi connectivity index (χ1) is 23.6. The standard InChI is InChI=1S/C24H34BrN3O4.C14H18BrN3/c1-23(2,3)31-21(29)28(22(30)32-24(4,5)6)20-16-18(25)17-26-19(20)12-8-11-15-27-13-9-7-10-14-27;15-12-10-13(16)14(17-11-12)6-2-5-9-18-7-3-1-4-8-18/h16-17H,7,9-11,13-15H2,1-6H3;10-11H,1,3-5,7-9,16H2. The van der Waals surface area contributed by atoms with Crippen LogP contribution in [0.1, 0.15) is 104 Å². The van der Waals surface area contributed by atoms with Crippen molar-refractivity contribution in [3.8, 4) is 23.7 Å².